The standard InChI is InChI=1S/C27H38ClN3O4S/c1-7-21(4)29-27(33)22(5)30(18-23-11-8-9-12-25(23)28)26(32)13-10-14-31(36(6,34)35)24-16-19(2)15-20(3)17-24/h8-9,11-12,15-17,21-22H,7,10,13-14,18H2,1-6H3,(H,29,33)/t21-,22+/m0/s1. The van der Waals surface area contributed by atoms with E-state index in [9.17, 15) is 18.0 Å². The van der Waals surface area contributed by atoms with E-state index in [2.05, 4.69) is 5.32 Å². The van der Waals surface area contributed by atoms with Crippen LogP contribution in [-0.2, 0) is 26.2 Å². The number of rotatable bonds is 12. The quantitative estimate of drug-likeness (QED) is 0.421. The van der Waals surface area contributed by atoms with Crippen LogP contribution in [-0.4, -0.2) is 50.0 Å². The molecule has 198 valence electrons. The van der Waals surface area contributed by atoms with Crippen LogP contribution in [0.1, 0.15) is 56.7 Å². The van der Waals surface area contributed by atoms with Gasteiger partial charge in [-0.2, -0.15) is 0 Å². The van der Waals surface area contributed by atoms with Gasteiger partial charge in [0.2, 0.25) is 21.8 Å². The second kappa shape index (κ2) is 13.1. The summed E-state index contributed by atoms with van der Waals surface area (Å²) in [5.41, 5.74) is 3.24. The number of carbonyl (C=O) groups excluding carboxylic acids is 2. The van der Waals surface area contributed by atoms with E-state index in [1.54, 1.807) is 13.0 Å². The van der Waals surface area contributed by atoms with Gasteiger partial charge >= 0.3 is 0 Å². The Labute approximate surface area is 220 Å². The second-order valence-corrected chi connectivity index (χ2v) is 11.7. The molecule has 0 spiro atoms. The highest BCUT2D eigenvalue weighted by atomic mass is 35.5. The van der Waals surface area contributed by atoms with Crippen LogP contribution >= 0.6 is 11.6 Å². The van der Waals surface area contributed by atoms with Crippen molar-refractivity contribution < 1.29 is 18.0 Å². The maximum Gasteiger partial charge on any atom is 0.242 e. The van der Waals surface area contributed by atoms with E-state index in [-0.39, 0.29) is 37.4 Å². The van der Waals surface area contributed by atoms with Gasteiger partial charge in [0.15, 0.2) is 0 Å². The highest BCUT2D eigenvalue weighted by Crippen LogP contribution is 2.23. The molecule has 2 aromatic carbocycles. The first-order chi connectivity index (χ1) is 16.8. The topological polar surface area (TPSA) is 86.8 Å². The van der Waals surface area contributed by atoms with E-state index in [1.807, 2.05) is 64.1 Å². The molecule has 0 aliphatic heterocycles. The van der Waals surface area contributed by atoms with E-state index in [0.717, 1.165) is 29.4 Å². The number of nitrogens with zero attached hydrogens (tertiary/aromatic N) is 2. The number of anilines is 1. The third-order valence-corrected chi connectivity index (χ3v) is 7.68. The Hall–Kier alpha value is -2.58. The average Bonchev–Trinajstić information content (AvgIpc) is 2.79. The van der Waals surface area contributed by atoms with Crippen LogP contribution in [0.3, 0.4) is 0 Å². The van der Waals surface area contributed by atoms with Crippen LogP contribution in [0.4, 0.5) is 5.69 Å². The molecule has 7 nitrogen and oxygen atoms in total. The molecule has 1 N–H and O–H groups in total. The molecule has 2 amide bonds. The van der Waals surface area contributed by atoms with Gasteiger partial charge < -0.3 is 10.2 Å². The van der Waals surface area contributed by atoms with E-state index in [0.29, 0.717) is 17.1 Å². The fourth-order valence-electron chi connectivity index (χ4n) is 3.96. The average molecular weight is 536 g/mol. The molecule has 0 fully saturated rings. The Morgan fingerprint density at radius 1 is 1.06 bits per heavy atom. The van der Waals surface area contributed by atoms with Crippen molar-refractivity contribution in [3.63, 3.8) is 0 Å². The van der Waals surface area contributed by atoms with Crippen molar-refractivity contribution in [1.82, 2.24) is 10.2 Å². The number of halogens is 1. The third kappa shape index (κ3) is 8.52. The lowest BCUT2D eigenvalue weighted by Crippen LogP contribution is -2.49. The summed E-state index contributed by atoms with van der Waals surface area (Å²) in [6, 6.07) is 12.1. The number of carbonyl (C=O) groups is 2. The van der Waals surface area contributed by atoms with Crippen molar-refractivity contribution in [3.05, 3.63) is 64.2 Å². The molecule has 0 aliphatic rings. The summed E-state index contributed by atoms with van der Waals surface area (Å²) in [5, 5.41) is 3.45. The summed E-state index contributed by atoms with van der Waals surface area (Å²) in [4.78, 5) is 27.8. The second-order valence-electron chi connectivity index (χ2n) is 9.39. The molecule has 0 unspecified atom stereocenters. The van der Waals surface area contributed by atoms with Gasteiger partial charge in [0.1, 0.15) is 6.04 Å². The molecule has 0 aromatic heterocycles. The first kappa shape index (κ1) is 29.6. The Morgan fingerprint density at radius 2 is 1.67 bits per heavy atom. The van der Waals surface area contributed by atoms with Gasteiger partial charge in [0.25, 0.3) is 0 Å². The van der Waals surface area contributed by atoms with Gasteiger partial charge in [-0.15, -0.1) is 0 Å². The summed E-state index contributed by atoms with van der Waals surface area (Å²) in [7, 11) is -3.54. The Balaban J connectivity index is 2.21. The molecule has 2 rings (SSSR count). The van der Waals surface area contributed by atoms with Crippen molar-refractivity contribution in [3.8, 4) is 0 Å². The summed E-state index contributed by atoms with van der Waals surface area (Å²) >= 11 is 6.34. The molecule has 9 heteroatoms. The van der Waals surface area contributed by atoms with Gasteiger partial charge in [-0.1, -0.05) is 42.8 Å². The molecular formula is C27H38ClN3O4S. The molecule has 0 saturated heterocycles. The highest BCUT2D eigenvalue weighted by Gasteiger charge is 2.27. The normalized spacial score (nSPS) is 13.1. The maximum absolute atomic E-state index is 13.4. The monoisotopic (exact) mass is 535 g/mol. The lowest BCUT2D eigenvalue weighted by molar-refractivity contribution is -0.140. The molecule has 0 radical (unpaired) electrons. The van der Waals surface area contributed by atoms with Gasteiger partial charge in [-0.05, 0) is 75.4 Å². The van der Waals surface area contributed by atoms with Gasteiger partial charge in [0.05, 0.1) is 11.9 Å². The van der Waals surface area contributed by atoms with Crippen LogP contribution in [0.25, 0.3) is 0 Å². The predicted octanol–water partition coefficient (Wildman–Crippen LogP) is 4.84. The minimum atomic E-state index is -3.54. The first-order valence-electron chi connectivity index (χ1n) is 12.2. The minimum absolute atomic E-state index is 0.0154. The molecular weight excluding hydrogens is 498 g/mol. The molecule has 0 heterocycles. The Kier molecular flexibility index (Phi) is 10.8. The molecule has 0 bridgehead atoms. The van der Waals surface area contributed by atoms with Crippen molar-refractivity contribution in [2.75, 3.05) is 17.1 Å². The maximum atomic E-state index is 13.4. The molecule has 2 aromatic rings. The van der Waals surface area contributed by atoms with E-state index in [4.69, 9.17) is 11.6 Å². The minimum Gasteiger partial charge on any atom is -0.352 e. The Bertz CT molecular complexity index is 1150. The van der Waals surface area contributed by atoms with Crippen LogP contribution in [0.5, 0.6) is 0 Å². The largest absolute Gasteiger partial charge is 0.352 e. The zero-order valence-corrected chi connectivity index (χ0v) is 23.6. The number of sulfonamides is 1. The summed E-state index contributed by atoms with van der Waals surface area (Å²) < 4.78 is 26.4. The summed E-state index contributed by atoms with van der Waals surface area (Å²) in [6.45, 7) is 9.76. The lowest BCUT2D eigenvalue weighted by Gasteiger charge is -2.30. The zero-order valence-electron chi connectivity index (χ0n) is 22.0. The number of benzene rings is 2. The fourth-order valence-corrected chi connectivity index (χ4v) is 5.10. The number of aryl methyl sites for hydroxylation is 2. The lowest BCUT2D eigenvalue weighted by atomic mass is 10.1. The van der Waals surface area contributed by atoms with Crippen molar-refractivity contribution in [2.45, 2.75) is 72.5 Å². The number of hydrogen-bond acceptors (Lipinski definition) is 4. The van der Waals surface area contributed by atoms with Crippen LogP contribution < -0.4 is 9.62 Å². The smallest absolute Gasteiger partial charge is 0.242 e. The highest BCUT2D eigenvalue weighted by molar-refractivity contribution is 7.92. The van der Waals surface area contributed by atoms with Crippen molar-refractivity contribution in [1.29, 1.82) is 0 Å². The molecule has 0 aliphatic carbocycles. The zero-order chi connectivity index (χ0) is 27.0. The van der Waals surface area contributed by atoms with Crippen LogP contribution in [0.15, 0.2) is 42.5 Å². The van der Waals surface area contributed by atoms with E-state index in [1.165, 1.54) is 9.21 Å². The number of hydrogen-bond donors (Lipinski definition) is 1. The fraction of sp³-hybridized carbons (Fsp3) is 0.481. The van der Waals surface area contributed by atoms with E-state index < -0.39 is 16.1 Å². The number of amides is 2. The van der Waals surface area contributed by atoms with Gasteiger partial charge in [-0.25, -0.2) is 8.42 Å². The Morgan fingerprint density at radius 3 is 2.22 bits per heavy atom. The summed E-state index contributed by atoms with van der Waals surface area (Å²) in [5.74, 6) is -0.478. The van der Waals surface area contributed by atoms with Gasteiger partial charge in [-0.3, -0.25) is 13.9 Å². The molecule has 2 atom stereocenters. The molecule has 0 saturated carbocycles. The van der Waals surface area contributed by atoms with Crippen LogP contribution in [0.2, 0.25) is 5.02 Å². The van der Waals surface area contributed by atoms with Crippen LogP contribution in [0, 0.1) is 13.8 Å². The van der Waals surface area contributed by atoms with E-state index >= 15 is 0 Å². The first-order valence-corrected chi connectivity index (χ1v) is 14.4. The number of nitrogens with one attached hydrogen (secondary N) is 1. The SMILES string of the molecule is CC[C@H](C)NC(=O)[C@@H](C)N(Cc1ccccc1Cl)C(=O)CCCN(c1cc(C)cc(C)c1)S(C)(=O)=O. The third-order valence-electron chi connectivity index (χ3n) is 6.11. The van der Waals surface area contributed by atoms with Gasteiger partial charge in [0, 0.05) is 30.6 Å². The predicted molar refractivity (Wildman–Crippen MR) is 147 cm³/mol. The van der Waals surface area contributed by atoms with Crippen molar-refractivity contribution in [2.24, 2.45) is 0 Å². The molecule has 36 heavy (non-hydrogen) atoms. The van der Waals surface area contributed by atoms with Crippen molar-refractivity contribution >= 4 is 39.1 Å². The summed E-state index contributed by atoms with van der Waals surface area (Å²) in [6.07, 6.45) is 2.33.